The summed E-state index contributed by atoms with van der Waals surface area (Å²) in [4.78, 5) is 6.79. The standard InChI is InChI=1S/C21H18BrN3/c1-14-20(17-6-2-3-7-18(17)24-14)21(15-9-11-16(22)12-10-15)25-19-8-4-5-13-23-19/h2-13,21,24H,1H3,(H,23,25)/p+1/t21-/m1/s1. The van der Waals surface area contributed by atoms with E-state index in [1.165, 1.54) is 22.2 Å². The first kappa shape index (κ1) is 15.9. The molecule has 2 aromatic heterocycles. The Bertz CT molecular complexity index is 991. The van der Waals surface area contributed by atoms with Crippen LogP contribution in [0.5, 0.6) is 0 Å². The highest BCUT2D eigenvalue weighted by Gasteiger charge is 2.24. The molecule has 0 fully saturated rings. The van der Waals surface area contributed by atoms with Gasteiger partial charge in [0.25, 0.3) is 5.82 Å². The second kappa shape index (κ2) is 6.73. The number of nitrogens with one attached hydrogen (secondary N) is 3. The summed E-state index contributed by atoms with van der Waals surface area (Å²) in [6, 6.07) is 23.1. The third kappa shape index (κ3) is 3.17. The number of H-pyrrole nitrogens is 2. The van der Waals surface area contributed by atoms with Gasteiger partial charge in [-0.05, 0) is 31.2 Å². The molecule has 0 radical (unpaired) electrons. The minimum atomic E-state index is 0.0444. The van der Waals surface area contributed by atoms with Gasteiger partial charge >= 0.3 is 0 Å². The number of hydrogen-bond acceptors (Lipinski definition) is 1. The summed E-state index contributed by atoms with van der Waals surface area (Å²) in [7, 11) is 0. The van der Waals surface area contributed by atoms with Gasteiger partial charge in [-0.3, -0.25) is 5.32 Å². The Morgan fingerprint density at radius 3 is 2.48 bits per heavy atom. The van der Waals surface area contributed by atoms with E-state index in [-0.39, 0.29) is 6.04 Å². The highest BCUT2D eigenvalue weighted by molar-refractivity contribution is 9.10. The molecule has 124 valence electrons. The van der Waals surface area contributed by atoms with Gasteiger partial charge in [-0.25, -0.2) is 4.98 Å². The van der Waals surface area contributed by atoms with Crippen LogP contribution in [0.1, 0.15) is 22.9 Å². The van der Waals surface area contributed by atoms with Crippen molar-refractivity contribution in [3.63, 3.8) is 0 Å². The van der Waals surface area contributed by atoms with E-state index < -0.39 is 0 Å². The topological polar surface area (TPSA) is 42.0 Å². The van der Waals surface area contributed by atoms with E-state index in [9.17, 15) is 0 Å². The van der Waals surface area contributed by atoms with E-state index in [0.29, 0.717) is 0 Å². The minimum absolute atomic E-state index is 0.0444. The van der Waals surface area contributed by atoms with Crippen LogP contribution in [0.15, 0.2) is 77.4 Å². The van der Waals surface area contributed by atoms with Crippen molar-refractivity contribution in [2.75, 3.05) is 5.32 Å². The number of rotatable bonds is 4. The fourth-order valence-electron chi connectivity index (χ4n) is 3.29. The first-order valence-corrected chi connectivity index (χ1v) is 9.07. The van der Waals surface area contributed by atoms with Crippen LogP contribution in [-0.4, -0.2) is 4.98 Å². The van der Waals surface area contributed by atoms with Crippen molar-refractivity contribution in [1.82, 2.24) is 4.98 Å². The monoisotopic (exact) mass is 392 g/mol. The molecule has 0 amide bonds. The van der Waals surface area contributed by atoms with Gasteiger partial charge < -0.3 is 4.98 Å². The number of anilines is 1. The Morgan fingerprint density at radius 2 is 1.72 bits per heavy atom. The average Bonchev–Trinajstić information content (AvgIpc) is 2.97. The maximum absolute atomic E-state index is 3.66. The number of aromatic amines is 2. The van der Waals surface area contributed by atoms with Gasteiger partial charge in [0.05, 0.1) is 6.20 Å². The van der Waals surface area contributed by atoms with Crippen LogP contribution < -0.4 is 10.3 Å². The molecule has 2 aromatic carbocycles. The fraction of sp³-hybridized carbons (Fsp3) is 0.0952. The molecule has 0 aliphatic carbocycles. The molecule has 0 aliphatic heterocycles. The van der Waals surface area contributed by atoms with Crippen LogP contribution in [0.25, 0.3) is 10.9 Å². The first-order chi connectivity index (χ1) is 12.2. The van der Waals surface area contributed by atoms with Gasteiger partial charge in [0.1, 0.15) is 6.04 Å². The number of fused-ring (bicyclic) bond motifs is 1. The van der Waals surface area contributed by atoms with Gasteiger partial charge in [-0.1, -0.05) is 52.3 Å². The number of hydrogen-bond donors (Lipinski definition) is 2. The van der Waals surface area contributed by atoms with Gasteiger partial charge in [-0.2, -0.15) is 0 Å². The quantitative estimate of drug-likeness (QED) is 0.488. The molecule has 4 heteroatoms. The smallest absolute Gasteiger partial charge is 0.272 e. The molecule has 25 heavy (non-hydrogen) atoms. The lowest BCUT2D eigenvalue weighted by atomic mass is 9.96. The number of benzene rings is 2. The molecule has 3 nitrogen and oxygen atoms in total. The van der Waals surface area contributed by atoms with Crippen molar-refractivity contribution in [3.8, 4) is 0 Å². The Hall–Kier alpha value is -2.59. The van der Waals surface area contributed by atoms with Crippen molar-refractivity contribution in [2.45, 2.75) is 13.0 Å². The first-order valence-electron chi connectivity index (χ1n) is 8.28. The van der Waals surface area contributed by atoms with Crippen molar-refractivity contribution in [1.29, 1.82) is 0 Å². The van der Waals surface area contributed by atoms with Crippen molar-refractivity contribution in [3.05, 3.63) is 94.2 Å². The maximum atomic E-state index is 3.66. The molecule has 0 unspecified atom stereocenters. The van der Waals surface area contributed by atoms with Crippen LogP contribution >= 0.6 is 15.9 Å². The highest BCUT2D eigenvalue weighted by atomic mass is 79.9. The van der Waals surface area contributed by atoms with Crippen LogP contribution in [0.4, 0.5) is 5.82 Å². The predicted molar refractivity (Wildman–Crippen MR) is 106 cm³/mol. The lowest BCUT2D eigenvalue weighted by Crippen LogP contribution is -2.19. The predicted octanol–water partition coefficient (Wildman–Crippen LogP) is 5.25. The lowest BCUT2D eigenvalue weighted by molar-refractivity contribution is -0.361. The molecular formula is C21H19BrN3+. The van der Waals surface area contributed by atoms with Crippen molar-refractivity contribution >= 4 is 32.7 Å². The number of pyridine rings is 1. The van der Waals surface area contributed by atoms with Gasteiger partial charge in [-0.15, -0.1) is 0 Å². The third-order valence-electron chi connectivity index (χ3n) is 4.44. The minimum Gasteiger partial charge on any atom is -0.358 e. The molecule has 3 N–H and O–H groups in total. The van der Waals surface area contributed by atoms with E-state index in [4.69, 9.17) is 0 Å². The number of aromatic nitrogens is 2. The number of halogens is 1. The largest absolute Gasteiger partial charge is 0.358 e. The fourth-order valence-corrected chi connectivity index (χ4v) is 3.55. The molecule has 0 spiro atoms. The Morgan fingerprint density at radius 1 is 0.960 bits per heavy atom. The van der Waals surface area contributed by atoms with Crippen LogP contribution in [-0.2, 0) is 0 Å². The van der Waals surface area contributed by atoms with E-state index in [0.717, 1.165) is 15.8 Å². The molecule has 2 heterocycles. The van der Waals surface area contributed by atoms with Crippen LogP contribution in [0, 0.1) is 6.92 Å². The Balaban J connectivity index is 1.87. The van der Waals surface area contributed by atoms with E-state index in [1.807, 2.05) is 18.3 Å². The zero-order valence-corrected chi connectivity index (χ0v) is 15.5. The number of para-hydroxylation sites is 1. The summed E-state index contributed by atoms with van der Waals surface area (Å²) in [5, 5.41) is 4.91. The lowest BCUT2D eigenvalue weighted by Gasteiger charge is -2.16. The van der Waals surface area contributed by atoms with Crippen molar-refractivity contribution in [2.24, 2.45) is 0 Å². The Labute approximate surface area is 155 Å². The third-order valence-corrected chi connectivity index (χ3v) is 4.97. The summed E-state index contributed by atoms with van der Waals surface area (Å²) >= 11 is 3.53. The van der Waals surface area contributed by atoms with Crippen LogP contribution in [0.2, 0.25) is 0 Å². The summed E-state index contributed by atoms with van der Waals surface area (Å²) in [5.41, 5.74) is 4.83. The Kier molecular flexibility index (Phi) is 4.28. The highest BCUT2D eigenvalue weighted by Crippen LogP contribution is 2.34. The molecule has 0 bridgehead atoms. The summed E-state index contributed by atoms with van der Waals surface area (Å²) in [6.45, 7) is 2.14. The maximum Gasteiger partial charge on any atom is 0.272 e. The normalized spacial score (nSPS) is 12.2. The molecule has 0 saturated carbocycles. The molecule has 0 aliphatic rings. The zero-order valence-electron chi connectivity index (χ0n) is 13.9. The van der Waals surface area contributed by atoms with E-state index >= 15 is 0 Å². The molecule has 0 saturated heterocycles. The molecule has 4 aromatic rings. The van der Waals surface area contributed by atoms with Gasteiger partial charge in [0.15, 0.2) is 0 Å². The second-order valence-corrected chi connectivity index (χ2v) is 7.03. The average molecular weight is 393 g/mol. The summed E-state index contributed by atoms with van der Waals surface area (Å²) in [5.74, 6) is 0.986. The SMILES string of the molecule is Cc1[nH]c2ccccc2c1[C@H](Nc1cccc[nH+]1)c1ccc(Br)cc1. The van der Waals surface area contributed by atoms with Crippen LogP contribution in [0.3, 0.4) is 0 Å². The van der Waals surface area contributed by atoms with E-state index in [1.54, 1.807) is 0 Å². The zero-order chi connectivity index (χ0) is 17.2. The van der Waals surface area contributed by atoms with Gasteiger partial charge in [0.2, 0.25) is 0 Å². The summed E-state index contributed by atoms with van der Waals surface area (Å²) < 4.78 is 1.08. The van der Waals surface area contributed by atoms with Gasteiger partial charge in [0, 0.05) is 38.3 Å². The number of aryl methyl sites for hydroxylation is 1. The van der Waals surface area contributed by atoms with E-state index in [2.05, 4.69) is 92.7 Å². The molecular weight excluding hydrogens is 374 g/mol. The molecule has 1 atom stereocenters. The second-order valence-electron chi connectivity index (χ2n) is 6.11. The molecule has 4 rings (SSSR count). The summed E-state index contributed by atoms with van der Waals surface area (Å²) in [6.07, 6.45) is 1.93. The van der Waals surface area contributed by atoms with Crippen molar-refractivity contribution < 1.29 is 4.98 Å².